The van der Waals surface area contributed by atoms with Crippen LogP contribution in [0.5, 0.6) is 0 Å². The fourth-order valence-corrected chi connectivity index (χ4v) is 6.11. The van der Waals surface area contributed by atoms with Gasteiger partial charge >= 0.3 is 0 Å². The summed E-state index contributed by atoms with van der Waals surface area (Å²) >= 11 is 0. The molecule has 3 heteroatoms. The average Bonchev–Trinajstić information content (AvgIpc) is 3.06. The highest BCUT2D eigenvalue weighted by Crippen LogP contribution is 2.57. The Morgan fingerprint density at radius 1 is 1.29 bits per heavy atom. The molecular weight excluding hydrogens is 384 g/mol. The predicted octanol–water partition coefficient (Wildman–Crippen LogP) is 6.08. The Kier molecular flexibility index (Phi) is 7.81. The first-order valence-corrected chi connectivity index (χ1v) is 12.3. The Morgan fingerprint density at radius 3 is 2.74 bits per heavy atom. The van der Waals surface area contributed by atoms with E-state index in [9.17, 15) is 15.0 Å². The largest absolute Gasteiger partial charge is 0.393 e. The molecule has 0 aromatic rings. The van der Waals surface area contributed by atoms with Gasteiger partial charge < -0.3 is 10.2 Å². The molecule has 2 saturated carbocycles. The van der Waals surface area contributed by atoms with Crippen molar-refractivity contribution in [3.8, 4) is 0 Å². The van der Waals surface area contributed by atoms with E-state index in [1.807, 2.05) is 13.8 Å². The van der Waals surface area contributed by atoms with Gasteiger partial charge in [0.2, 0.25) is 0 Å². The number of aliphatic hydroxyl groups excluding tert-OH is 2. The first kappa shape index (κ1) is 24.2. The van der Waals surface area contributed by atoms with E-state index in [4.69, 9.17) is 0 Å². The quantitative estimate of drug-likeness (QED) is 0.485. The van der Waals surface area contributed by atoms with Crippen molar-refractivity contribution in [3.05, 3.63) is 47.1 Å². The van der Waals surface area contributed by atoms with Crippen molar-refractivity contribution in [2.45, 2.75) is 97.7 Å². The number of Topliss-reactive ketones (excluding diaryl/α,β-unsaturated/α-hetero) is 1. The molecule has 31 heavy (non-hydrogen) atoms. The number of rotatable bonds is 7. The zero-order valence-corrected chi connectivity index (χ0v) is 20.0. The van der Waals surface area contributed by atoms with Crippen LogP contribution >= 0.6 is 0 Å². The van der Waals surface area contributed by atoms with Crippen LogP contribution in [0.4, 0.5) is 0 Å². The molecule has 0 amide bonds. The number of hydrogen-bond acceptors (Lipinski definition) is 3. The predicted molar refractivity (Wildman–Crippen MR) is 128 cm³/mol. The van der Waals surface area contributed by atoms with E-state index < -0.39 is 12.2 Å². The molecule has 0 aliphatic heterocycles. The number of fused-ring (bicyclic) bond motifs is 1. The van der Waals surface area contributed by atoms with Gasteiger partial charge in [-0.25, -0.2) is 0 Å². The van der Waals surface area contributed by atoms with Crippen molar-refractivity contribution < 1.29 is 15.0 Å². The molecule has 3 aliphatic carbocycles. The molecule has 0 unspecified atom stereocenters. The molecule has 5 atom stereocenters. The lowest BCUT2D eigenvalue weighted by Crippen LogP contribution is -2.32. The van der Waals surface area contributed by atoms with Crippen LogP contribution in [0, 0.1) is 23.2 Å². The summed E-state index contributed by atoms with van der Waals surface area (Å²) in [6.07, 6.45) is 14.1. The third kappa shape index (κ3) is 5.31. The highest BCUT2D eigenvalue weighted by molar-refractivity contribution is 5.80. The van der Waals surface area contributed by atoms with Gasteiger partial charge in [-0.1, -0.05) is 63.6 Å². The van der Waals surface area contributed by atoms with E-state index >= 15 is 0 Å². The lowest BCUT2D eigenvalue weighted by atomic mass is 9.62. The zero-order chi connectivity index (χ0) is 22.8. The number of allylic oxidation sites excluding steroid dienone is 5. The number of aliphatic hydroxyl groups is 2. The summed E-state index contributed by atoms with van der Waals surface area (Å²) in [7, 11) is 0. The van der Waals surface area contributed by atoms with Gasteiger partial charge in [-0.05, 0) is 73.3 Å². The molecule has 0 aromatic carbocycles. The number of carbonyl (C=O) groups excluding carboxylic acids is 1. The topological polar surface area (TPSA) is 57.5 Å². The molecule has 0 spiro atoms. The third-order valence-electron chi connectivity index (χ3n) is 8.11. The molecular formula is C28H42O3. The van der Waals surface area contributed by atoms with Crippen LogP contribution < -0.4 is 0 Å². The van der Waals surface area contributed by atoms with Crippen LogP contribution in [0.15, 0.2) is 47.1 Å². The minimum Gasteiger partial charge on any atom is -0.393 e. The SMILES string of the molecule is C=C1/C(=C\C=C2/CCC[C@]3(C)C([C@H](C)CCCC(=O)C(C)C)=CC[C@@H]23)C[C@@H](O)C[C@@H]1O. The Labute approximate surface area is 189 Å². The monoisotopic (exact) mass is 426 g/mol. The summed E-state index contributed by atoms with van der Waals surface area (Å²) in [6, 6.07) is 0. The van der Waals surface area contributed by atoms with E-state index in [-0.39, 0.29) is 11.3 Å². The van der Waals surface area contributed by atoms with Crippen LogP contribution in [0.3, 0.4) is 0 Å². The average molecular weight is 427 g/mol. The van der Waals surface area contributed by atoms with Crippen LogP contribution in [-0.4, -0.2) is 28.2 Å². The van der Waals surface area contributed by atoms with Crippen molar-refractivity contribution in [2.24, 2.45) is 23.2 Å². The Bertz CT molecular complexity index is 784. The van der Waals surface area contributed by atoms with Crippen molar-refractivity contribution >= 4 is 5.78 Å². The van der Waals surface area contributed by atoms with Gasteiger partial charge in [0, 0.05) is 18.8 Å². The maximum absolute atomic E-state index is 12.0. The molecule has 0 heterocycles. The first-order valence-electron chi connectivity index (χ1n) is 12.3. The standard InChI is InChI=1S/C28H42O3/c1-18(2)26(30)10-6-8-19(3)24-13-14-25-21(9-7-15-28(24,25)5)11-12-22-16-23(29)17-27(31)20(22)4/h11-13,18-19,23,25,27,29,31H,4,6-10,14-17H2,1-3,5H3/b21-11+,22-12-/t19-,23-,25+,27+,28-/m1/s1. The van der Waals surface area contributed by atoms with E-state index in [2.05, 4.69) is 38.7 Å². The maximum atomic E-state index is 12.0. The van der Waals surface area contributed by atoms with Gasteiger partial charge in [0.1, 0.15) is 5.78 Å². The summed E-state index contributed by atoms with van der Waals surface area (Å²) in [6.45, 7) is 12.8. The van der Waals surface area contributed by atoms with Gasteiger partial charge in [0.05, 0.1) is 12.2 Å². The molecule has 0 aromatic heterocycles. The van der Waals surface area contributed by atoms with Crippen LogP contribution in [0.25, 0.3) is 0 Å². The summed E-state index contributed by atoms with van der Waals surface area (Å²) in [4.78, 5) is 12.0. The fraction of sp³-hybridized carbons (Fsp3) is 0.679. The van der Waals surface area contributed by atoms with Crippen LogP contribution in [0.2, 0.25) is 0 Å². The van der Waals surface area contributed by atoms with E-state index in [1.165, 1.54) is 18.4 Å². The molecule has 172 valence electrons. The van der Waals surface area contributed by atoms with Crippen molar-refractivity contribution in [2.75, 3.05) is 0 Å². The minimum absolute atomic E-state index is 0.144. The fourth-order valence-electron chi connectivity index (χ4n) is 6.11. The second-order valence-corrected chi connectivity index (χ2v) is 10.7. The first-order chi connectivity index (χ1) is 14.6. The lowest BCUT2D eigenvalue weighted by molar-refractivity contribution is -0.122. The van der Waals surface area contributed by atoms with Gasteiger partial charge in [0.15, 0.2) is 0 Å². The molecule has 0 saturated heterocycles. The second-order valence-electron chi connectivity index (χ2n) is 10.7. The van der Waals surface area contributed by atoms with Crippen molar-refractivity contribution in [1.82, 2.24) is 0 Å². The van der Waals surface area contributed by atoms with Crippen molar-refractivity contribution in [3.63, 3.8) is 0 Å². The Morgan fingerprint density at radius 2 is 2.03 bits per heavy atom. The van der Waals surface area contributed by atoms with Gasteiger partial charge in [-0.2, -0.15) is 0 Å². The molecule has 0 radical (unpaired) electrons. The molecule has 2 N–H and O–H groups in total. The summed E-state index contributed by atoms with van der Waals surface area (Å²) < 4.78 is 0. The molecule has 3 rings (SSSR count). The molecule has 3 aliphatic rings. The normalized spacial score (nSPS) is 34.9. The maximum Gasteiger partial charge on any atom is 0.135 e. The minimum atomic E-state index is -0.631. The highest BCUT2D eigenvalue weighted by atomic mass is 16.3. The van der Waals surface area contributed by atoms with E-state index in [0.29, 0.717) is 36.9 Å². The van der Waals surface area contributed by atoms with E-state index in [1.54, 1.807) is 5.57 Å². The smallest absolute Gasteiger partial charge is 0.135 e. The van der Waals surface area contributed by atoms with Crippen molar-refractivity contribution in [1.29, 1.82) is 0 Å². The molecule has 0 bridgehead atoms. The van der Waals surface area contributed by atoms with Gasteiger partial charge in [-0.3, -0.25) is 4.79 Å². The number of hydrogen-bond donors (Lipinski definition) is 2. The van der Waals surface area contributed by atoms with Gasteiger partial charge in [-0.15, -0.1) is 0 Å². The highest BCUT2D eigenvalue weighted by Gasteiger charge is 2.45. The van der Waals surface area contributed by atoms with Crippen LogP contribution in [0.1, 0.15) is 85.5 Å². The second kappa shape index (κ2) is 10.0. The zero-order valence-electron chi connectivity index (χ0n) is 20.0. The summed E-state index contributed by atoms with van der Waals surface area (Å²) in [5.41, 5.74) is 5.06. The van der Waals surface area contributed by atoms with Crippen LogP contribution in [-0.2, 0) is 4.79 Å². The van der Waals surface area contributed by atoms with Gasteiger partial charge in [0.25, 0.3) is 0 Å². The molecule has 3 nitrogen and oxygen atoms in total. The molecule has 2 fully saturated rings. The summed E-state index contributed by atoms with van der Waals surface area (Å²) in [5.74, 6) is 1.59. The summed E-state index contributed by atoms with van der Waals surface area (Å²) in [5, 5.41) is 20.2. The third-order valence-corrected chi connectivity index (χ3v) is 8.11. The lowest BCUT2D eigenvalue weighted by Gasteiger charge is -2.42. The number of carbonyl (C=O) groups is 1. The number of ketones is 1. The van der Waals surface area contributed by atoms with E-state index in [0.717, 1.165) is 36.8 Å². The Balaban J connectivity index is 1.68. The Hall–Kier alpha value is -1.45.